The molecule has 1 unspecified atom stereocenters. The molecule has 0 spiro atoms. The van der Waals surface area contributed by atoms with Gasteiger partial charge in [0.1, 0.15) is 11.6 Å². The first-order valence-corrected chi connectivity index (χ1v) is 11.4. The summed E-state index contributed by atoms with van der Waals surface area (Å²) in [5.41, 5.74) is 1.61. The molecule has 184 valence electrons. The lowest BCUT2D eigenvalue weighted by Gasteiger charge is -2.37. The second-order valence-electron chi connectivity index (χ2n) is 7.78. The summed E-state index contributed by atoms with van der Waals surface area (Å²) in [6.45, 7) is 7.01. The summed E-state index contributed by atoms with van der Waals surface area (Å²) in [4.78, 5) is 27.0. The zero-order valence-electron chi connectivity index (χ0n) is 19.7. The van der Waals surface area contributed by atoms with E-state index < -0.39 is 29.6 Å². The van der Waals surface area contributed by atoms with Crippen LogP contribution in [0, 0.1) is 11.6 Å². The summed E-state index contributed by atoms with van der Waals surface area (Å²) >= 11 is 0. The molecule has 3 rings (SSSR count). The Morgan fingerprint density at radius 3 is 2.41 bits per heavy atom. The van der Waals surface area contributed by atoms with E-state index in [4.69, 9.17) is 14.2 Å². The summed E-state index contributed by atoms with van der Waals surface area (Å²) in [7, 11) is 0. The van der Waals surface area contributed by atoms with Crippen LogP contribution in [0.5, 0.6) is 11.5 Å². The van der Waals surface area contributed by atoms with Crippen LogP contribution in [0.15, 0.2) is 30.3 Å². The van der Waals surface area contributed by atoms with Crippen molar-refractivity contribution in [1.82, 2.24) is 4.90 Å². The molecular weight excluding hydrogens is 446 g/mol. The molecule has 0 saturated carbocycles. The third-order valence-corrected chi connectivity index (χ3v) is 5.49. The molecule has 1 heterocycles. The first kappa shape index (κ1) is 25.4. The van der Waals surface area contributed by atoms with Crippen molar-refractivity contribution in [1.29, 1.82) is 0 Å². The van der Waals surface area contributed by atoms with Gasteiger partial charge in [-0.05, 0) is 62.6 Å². The average molecular weight is 477 g/mol. The van der Waals surface area contributed by atoms with Gasteiger partial charge in [0.05, 0.1) is 38.5 Å². The lowest BCUT2D eigenvalue weighted by Crippen LogP contribution is -2.41. The Morgan fingerprint density at radius 2 is 1.74 bits per heavy atom. The minimum Gasteiger partial charge on any atom is -0.490 e. The molecule has 0 radical (unpaired) electrons. The first-order valence-electron chi connectivity index (χ1n) is 11.4. The number of hydrogen-bond acceptors (Lipinski definition) is 6. The normalized spacial score (nSPS) is 15.4. The van der Waals surface area contributed by atoms with Crippen molar-refractivity contribution in [2.45, 2.75) is 39.7 Å². The number of amides is 1. The molecule has 1 amide bonds. The Morgan fingerprint density at radius 1 is 1.03 bits per heavy atom. The molecule has 0 fully saturated rings. The largest absolute Gasteiger partial charge is 0.490 e. The topological polar surface area (TPSA) is 77.1 Å². The van der Waals surface area contributed by atoms with Crippen molar-refractivity contribution in [2.75, 3.05) is 38.2 Å². The van der Waals surface area contributed by atoms with Gasteiger partial charge in [0, 0.05) is 18.7 Å². The van der Waals surface area contributed by atoms with Crippen LogP contribution in [0.2, 0.25) is 0 Å². The van der Waals surface area contributed by atoms with E-state index >= 15 is 0 Å². The zero-order chi connectivity index (χ0) is 24.7. The summed E-state index contributed by atoms with van der Waals surface area (Å²) in [5.74, 6) is -1.11. The van der Waals surface area contributed by atoms with Gasteiger partial charge in [-0.1, -0.05) is 0 Å². The number of esters is 1. The Kier molecular flexibility index (Phi) is 8.81. The van der Waals surface area contributed by atoms with Crippen molar-refractivity contribution in [3.05, 3.63) is 53.1 Å². The highest BCUT2D eigenvalue weighted by atomic mass is 19.1. The van der Waals surface area contributed by atoms with Crippen LogP contribution in [0.3, 0.4) is 0 Å². The lowest BCUT2D eigenvalue weighted by molar-refractivity contribution is -0.145. The standard InChI is InChI=1S/C25H30F2N2O5/c1-4-32-22-11-16-9-10-29(15-24(30)28-20-12-17(26)7-8-19(20)27)21(14-25(31)34-6-3)18(16)13-23(22)33-5-2/h7-8,11-13,21H,4-6,9-10,14-15H2,1-3H3,(H,28,30). The molecule has 1 N–H and O–H groups in total. The molecule has 1 aliphatic heterocycles. The third-order valence-electron chi connectivity index (χ3n) is 5.49. The van der Waals surface area contributed by atoms with E-state index in [0.717, 1.165) is 29.3 Å². The number of ether oxygens (including phenoxy) is 3. The van der Waals surface area contributed by atoms with Crippen LogP contribution in [0.4, 0.5) is 14.5 Å². The van der Waals surface area contributed by atoms with Crippen LogP contribution >= 0.6 is 0 Å². The highest BCUT2D eigenvalue weighted by Gasteiger charge is 2.32. The number of anilines is 1. The van der Waals surface area contributed by atoms with Crippen LogP contribution in [-0.2, 0) is 20.7 Å². The molecule has 0 aromatic heterocycles. The van der Waals surface area contributed by atoms with Gasteiger partial charge in [-0.2, -0.15) is 0 Å². The van der Waals surface area contributed by atoms with E-state index in [2.05, 4.69) is 5.32 Å². The van der Waals surface area contributed by atoms with Crippen molar-refractivity contribution in [2.24, 2.45) is 0 Å². The molecule has 2 aromatic rings. The van der Waals surface area contributed by atoms with E-state index in [1.165, 1.54) is 0 Å². The second-order valence-corrected chi connectivity index (χ2v) is 7.78. The van der Waals surface area contributed by atoms with Crippen LogP contribution in [-0.4, -0.2) is 49.7 Å². The molecule has 1 aliphatic rings. The van der Waals surface area contributed by atoms with Gasteiger partial charge < -0.3 is 19.5 Å². The highest BCUT2D eigenvalue weighted by molar-refractivity contribution is 5.92. The number of rotatable bonds is 10. The molecule has 7 nitrogen and oxygen atoms in total. The average Bonchev–Trinajstić information content (AvgIpc) is 2.79. The maximum atomic E-state index is 14.0. The van der Waals surface area contributed by atoms with Crippen LogP contribution in [0.1, 0.15) is 44.4 Å². The van der Waals surface area contributed by atoms with E-state index in [1.54, 1.807) is 6.92 Å². The lowest BCUT2D eigenvalue weighted by atomic mass is 9.90. The van der Waals surface area contributed by atoms with Gasteiger partial charge in [-0.25, -0.2) is 8.78 Å². The smallest absolute Gasteiger partial charge is 0.307 e. The minimum absolute atomic E-state index is 0.0298. The number of benzene rings is 2. The van der Waals surface area contributed by atoms with Gasteiger partial charge >= 0.3 is 5.97 Å². The van der Waals surface area contributed by atoms with Gasteiger partial charge in [0.15, 0.2) is 11.5 Å². The number of halogens is 2. The summed E-state index contributed by atoms with van der Waals surface area (Å²) < 4.78 is 44.1. The van der Waals surface area contributed by atoms with Gasteiger partial charge in [-0.3, -0.25) is 14.5 Å². The number of carbonyl (C=O) groups is 2. The number of carbonyl (C=O) groups excluding carboxylic acids is 2. The fourth-order valence-electron chi connectivity index (χ4n) is 4.07. The third kappa shape index (κ3) is 6.22. The maximum Gasteiger partial charge on any atom is 0.307 e. The first-order chi connectivity index (χ1) is 16.4. The molecule has 2 aromatic carbocycles. The van der Waals surface area contributed by atoms with E-state index in [-0.39, 0.29) is 25.3 Å². The SMILES string of the molecule is CCOC(=O)CC1c2cc(OCC)c(OCC)cc2CCN1CC(=O)Nc1cc(F)ccc1F. The molecular formula is C25H30F2N2O5. The molecule has 0 saturated heterocycles. The second kappa shape index (κ2) is 11.8. The Balaban J connectivity index is 1.88. The number of nitrogens with zero attached hydrogens (tertiary/aromatic N) is 1. The quantitative estimate of drug-likeness (QED) is 0.517. The van der Waals surface area contributed by atoms with Gasteiger partial charge in [0.2, 0.25) is 5.91 Å². The Bertz CT molecular complexity index is 1030. The highest BCUT2D eigenvalue weighted by Crippen LogP contribution is 2.40. The Hall–Kier alpha value is -3.20. The van der Waals surface area contributed by atoms with Crippen molar-refractivity contribution in [3.63, 3.8) is 0 Å². The number of hydrogen-bond donors (Lipinski definition) is 1. The van der Waals surface area contributed by atoms with Crippen molar-refractivity contribution >= 4 is 17.6 Å². The summed E-state index contributed by atoms with van der Waals surface area (Å²) in [5, 5.41) is 2.42. The van der Waals surface area contributed by atoms with Gasteiger partial charge in [-0.15, -0.1) is 0 Å². The zero-order valence-corrected chi connectivity index (χ0v) is 19.7. The molecule has 0 aliphatic carbocycles. The summed E-state index contributed by atoms with van der Waals surface area (Å²) in [6.07, 6.45) is 0.644. The van der Waals surface area contributed by atoms with Crippen molar-refractivity contribution in [3.8, 4) is 11.5 Å². The number of nitrogens with one attached hydrogen (secondary N) is 1. The fraction of sp³-hybridized carbons (Fsp3) is 0.440. The fourth-order valence-corrected chi connectivity index (χ4v) is 4.07. The Labute approximate surface area is 198 Å². The van der Waals surface area contributed by atoms with E-state index in [1.807, 2.05) is 30.9 Å². The molecule has 0 bridgehead atoms. The summed E-state index contributed by atoms with van der Waals surface area (Å²) in [6, 6.07) is 6.18. The molecule has 34 heavy (non-hydrogen) atoms. The van der Waals surface area contributed by atoms with E-state index in [9.17, 15) is 18.4 Å². The maximum absolute atomic E-state index is 14.0. The van der Waals surface area contributed by atoms with Crippen LogP contribution in [0.25, 0.3) is 0 Å². The molecule has 9 heteroatoms. The minimum atomic E-state index is -0.730. The van der Waals surface area contributed by atoms with Gasteiger partial charge in [0.25, 0.3) is 0 Å². The number of fused-ring (bicyclic) bond motifs is 1. The van der Waals surface area contributed by atoms with Crippen LogP contribution < -0.4 is 14.8 Å². The predicted molar refractivity (Wildman–Crippen MR) is 123 cm³/mol. The monoisotopic (exact) mass is 476 g/mol. The predicted octanol–water partition coefficient (Wildman–Crippen LogP) is 4.25. The van der Waals surface area contributed by atoms with Crippen molar-refractivity contribution < 1.29 is 32.6 Å². The molecule has 1 atom stereocenters. The van der Waals surface area contributed by atoms with E-state index in [0.29, 0.717) is 37.7 Å².